The molecular weight excluding hydrogens is 282 g/mol. The van der Waals surface area contributed by atoms with Crippen molar-refractivity contribution in [3.63, 3.8) is 0 Å². The number of carboxylic acid groups (broad SMARTS) is 1. The molecule has 5 N–H and O–H groups in total. The highest BCUT2D eigenvalue weighted by Gasteiger charge is 2.20. The molecule has 116 valence electrons. The minimum absolute atomic E-state index is 0.0673. The summed E-state index contributed by atoms with van der Waals surface area (Å²) >= 11 is 0. The number of rotatable bonds is 8. The summed E-state index contributed by atoms with van der Waals surface area (Å²) in [7, 11) is 0. The van der Waals surface area contributed by atoms with E-state index in [-0.39, 0.29) is 19.4 Å². The highest BCUT2D eigenvalue weighted by molar-refractivity contribution is 5.83. The Morgan fingerprint density at radius 2 is 2.14 bits per heavy atom. The lowest BCUT2D eigenvalue weighted by atomic mass is 10.1. The molecule has 3 amide bonds. The lowest BCUT2D eigenvalue weighted by Crippen LogP contribution is -2.46. The molecule has 0 aliphatic heterocycles. The molecule has 0 fully saturated rings. The molecule has 1 rings (SSSR count). The van der Waals surface area contributed by atoms with Gasteiger partial charge in [0.1, 0.15) is 6.04 Å². The fraction of sp³-hybridized carbons (Fsp3) is 0.545. The van der Waals surface area contributed by atoms with Gasteiger partial charge in [0, 0.05) is 26.3 Å². The van der Waals surface area contributed by atoms with Crippen LogP contribution in [0.2, 0.25) is 0 Å². The summed E-state index contributed by atoms with van der Waals surface area (Å²) in [5.41, 5.74) is 4.94. The number of nitrogens with two attached hydrogens (primary N) is 1. The number of aliphatic carboxylic acids is 1. The fourth-order valence-electron chi connectivity index (χ4n) is 1.48. The van der Waals surface area contributed by atoms with Gasteiger partial charge in [0.25, 0.3) is 0 Å². The van der Waals surface area contributed by atoms with Crippen molar-refractivity contribution in [2.75, 3.05) is 6.54 Å². The molecule has 0 saturated carbocycles. The quantitative estimate of drug-likeness (QED) is 0.475. The molecule has 0 unspecified atom stereocenters. The van der Waals surface area contributed by atoms with Crippen LogP contribution in [0, 0.1) is 6.92 Å². The van der Waals surface area contributed by atoms with Crippen molar-refractivity contribution in [2.45, 2.75) is 32.2 Å². The van der Waals surface area contributed by atoms with E-state index in [0.29, 0.717) is 18.1 Å². The van der Waals surface area contributed by atoms with E-state index in [2.05, 4.69) is 20.8 Å². The molecule has 0 aliphatic carbocycles. The lowest BCUT2D eigenvalue weighted by Gasteiger charge is -2.14. The number of hydrogen-bond acceptors (Lipinski definition) is 6. The van der Waals surface area contributed by atoms with Gasteiger partial charge >= 0.3 is 12.0 Å². The second-order valence-electron chi connectivity index (χ2n) is 4.28. The van der Waals surface area contributed by atoms with E-state index < -0.39 is 23.9 Å². The van der Waals surface area contributed by atoms with Gasteiger partial charge in [-0.2, -0.15) is 4.98 Å². The smallest absolute Gasteiger partial charge is 0.326 e. The molecule has 10 nitrogen and oxygen atoms in total. The van der Waals surface area contributed by atoms with Crippen LogP contribution in [0.15, 0.2) is 4.52 Å². The molecule has 0 radical (unpaired) electrons. The number of nitrogens with zero attached hydrogens (tertiary/aromatic N) is 2. The Bertz CT molecular complexity index is 515. The first kappa shape index (κ1) is 16.4. The molecule has 0 saturated heterocycles. The van der Waals surface area contributed by atoms with Gasteiger partial charge in [-0.15, -0.1) is 0 Å². The number of aromatic nitrogens is 2. The predicted molar refractivity (Wildman–Crippen MR) is 69.1 cm³/mol. The second-order valence-corrected chi connectivity index (χ2v) is 4.28. The summed E-state index contributed by atoms with van der Waals surface area (Å²) in [6.45, 7) is 1.86. The van der Waals surface area contributed by atoms with E-state index in [1.165, 1.54) is 0 Å². The zero-order valence-corrected chi connectivity index (χ0v) is 11.5. The third-order valence-corrected chi connectivity index (χ3v) is 2.49. The molecule has 1 atom stereocenters. The van der Waals surface area contributed by atoms with Gasteiger partial charge in [0.15, 0.2) is 5.82 Å². The topological polar surface area (TPSA) is 160 Å². The van der Waals surface area contributed by atoms with E-state index in [1.807, 2.05) is 0 Å². The Balaban J connectivity index is 2.32. The Labute approximate surface area is 120 Å². The number of amides is 3. The second kappa shape index (κ2) is 7.82. The first-order chi connectivity index (χ1) is 9.88. The van der Waals surface area contributed by atoms with Crippen LogP contribution in [-0.2, 0) is 16.0 Å². The van der Waals surface area contributed by atoms with Crippen LogP contribution in [0.1, 0.15) is 24.6 Å². The number of hydrogen-bond donors (Lipinski definition) is 4. The Morgan fingerprint density at radius 1 is 1.43 bits per heavy atom. The Morgan fingerprint density at radius 3 is 2.67 bits per heavy atom. The molecule has 10 heteroatoms. The van der Waals surface area contributed by atoms with Crippen LogP contribution >= 0.6 is 0 Å². The Kier molecular flexibility index (Phi) is 6.11. The van der Waals surface area contributed by atoms with Gasteiger partial charge in [0.05, 0.1) is 0 Å². The summed E-state index contributed by atoms with van der Waals surface area (Å²) in [6, 6.07) is -1.84. The number of carboxylic acids is 1. The third-order valence-electron chi connectivity index (χ3n) is 2.49. The molecule has 21 heavy (non-hydrogen) atoms. The van der Waals surface area contributed by atoms with E-state index in [1.54, 1.807) is 6.92 Å². The zero-order valence-electron chi connectivity index (χ0n) is 11.5. The fourth-order valence-corrected chi connectivity index (χ4v) is 1.48. The van der Waals surface area contributed by atoms with E-state index in [0.717, 1.165) is 0 Å². The molecule has 0 bridgehead atoms. The first-order valence-electron chi connectivity index (χ1n) is 6.23. The third kappa shape index (κ3) is 6.36. The molecule has 0 spiro atoms. The van der Waals surface area contributed by atoms with Crippen molar-refractivity contribution in [2.24, 2.45) is 5.73 Å². The van der Waals surface area contributed by atoms with Gasteiger partial charge < -0.3 is 26.0 Å². The largest absolute Gasteiger partial charge is 0.480 e. The molecule has 1 heterocycles. The molecule has 1 aromatic rings. The number of nitrogens with one attached hydrogen (secondary N) is 2. The lowest BCUT2D eigenvalue weighted by molar-refractivity contribution is -0.139. The standard InChI is InChI=1S/C11H17N5O5/c1-6-14-9(16-21-6)4-5-13-11(20)15-7(10(18)19)2-3-8(12)17/h7H,2-5H2,1H3,(H2,12,17)(H,18,19)(H2,13,15,20)/t7-/m0/s1. The van der Waals surface area contributed by atoms with Crippen LogP contribution in [-0.4, -0.2) is 45.7 Å². The maximum absolute atomic E-state index is 11.5. The first-order valence-corrected chi connectivity index (χ1v) is 6.23. The van der Waals surface area contributed by atoms with Gasteiger partial charge in [-0.25, -0.2) is 9.59 Å². The number of carbonyl (C=O) groups is 3. The van der Waals surface area contributed by atoms with Crippen molar-refractivity contribution in [1.82, 2.24) is 20.8 Å². The van der Waals surface area contributed by atoms with Gasteiger partial charge in [0.2, 0.25) is 11.8 Å². The number of carbonyl (C=O) groups excluding carboxylic acids is 2. The van der Waals surface area contributed by atoms with Gasteiger partial charge in [-0.3, -0.25) is 4.79 Å². The monoisotopic (exact) mass is 299 g/mol. The van der Waals surface area contributed by atoms with E-state index in [9.17, 15) is 14.4 Å². The minimum Gasteiger partial charge on any atom is -0.480 e. The average Bonchev–Trinajstić information content (AvgIpc) is 2.79. The van der Waals surface area contributed by atoms with Crippen LogP contribution in [0.25, 0.3) is 0 Å². The number of urea groups is 1. The summed E-state index contributed by atoms with van der Waals surface area (Å²) < 4.78 is 4.76. The van der Waals surface area contributed by atoms with E-state index in [4.69, 9.17) is 15.4 Å². The summed E-state index contributed by atoms with van der Waals surface area (Å²) in [6.07, 6.45) is 0.158. The van der Waals surface area contributed by atoms with Crippen molar-refractivity contribution >= 4 is 17.9 Å². The van der Waals surface area contributed by atoms with Crippen LogP contribution in [0.3, 0.4) is 0 Å². The number of primary amides is 1. The van der Waals surface area contributed by atoms with Crippen molar-refractivity contribution in [3.05, 3.63) is 11.7 Å². The maximum atomic E-state index is 11.5. The normalized spacial score (nSPS) is 11.7. The van der Waals surface area contributed by atoms with E-state index >= 15 is 0 Å². The summed E-state index contributed by atoms with van der Waals surface area (Å²) in [4.78, 5) is 37.0. The maximum Gasteiger partial charge on any atom is 0.326 e. The van der Waals surface area contributed by atoms with Gasteiger partial charge in [-0.05, 0) is 6.42 Å². The van der Waals surface area contributed by atoms with Crippen molar-refractivity contribution < 1.29 is 24.0 Å². The minimum atomic E-state index is -1.24. The van der Waals surface area contributed by atoms with Gasteiger partial charge in [-0.1, -0.05) is 5.16 Å². The molecular formula is C11H17N5O5. The number of aryl methyl sites for hydroxylation is 1. The molecule has 1 aromatic heterocycles. The van der Waals surface area contributed by atoms with Crippen molar-refractivity contribution in [1.29, 1.82) is 0 Å². The molecule has 0 aliphatic rings. The molecule has 0 aromatic carbocycles. The summed E-state index contributed by atoms with van der Waals surface area (Å²) in [5.74, 6) is -1.00. The Hall–Kier alpha value is -2.65. The predicted octanol–water partition coefficient (Wildman–Crippen LogP) is -1.06. The van der Waals surface area contributed by atoms with Crippen LogP contribution < -0.4 is 16.4 Å². The van der Waals surface area contributed by atoms with Crippen LogP contribution in [0.4, 0.5) is 4.79 Å². The van der Waals surface area contributed by atoms with Crippen molar-refractivity contribution in [3.8, 4) is 0 Å². The highest BCUT2D eigenvalue weighted by Crippen LogP contribution is 1.98. The summed E-state index contributed by atoms with van der Waals surface area (Å²) in [5, 5.41) is 17.3. The highest BCUT2D eigenvalue weighted by atomic mass is 16.5. The zero-order chi connectivity index (χ0) is 15.8. The van der Waals surface area contributed by atoms with Crippen LogP contribution in [0.5, 0.6) is 0 Å². The SMILES string of the molecule is Cc1nc(CCNC(=O)N[C@@H](CCC(N)=O)C(=O)O)no1. The average molecular weight is 299 g/mol.